The first-order valence-electron chi connectivity index (χ1n) is 4.13. The highest BCUT2D eigenvalue weighted by atomic mass is 14.9. The van der Waals surface area contributed by atoms with Crippen LogP contribution in [0.3, 0.4) is 0 Å². The first-order valence-corrected chi connectivity index (χ1v) is 4.13. The molecule has 0 aromatic carbocycles. The molecule has 0 amide bonds. The maximum Gasteiger partial charge on any atom is 0.131 e. The third-order valence-electron chi connectivity index (χ3n) is 1.95. The standard InChI is InChI=1S/C9H11N2/c1-2-8-5-6-10-9(11-8)7-3-4-7/h6-7H,2-4H2,1H3. The molecular weight excluding hydrogens is 136 g/mol. The van der Waals surface area contributed by atoms with Gasteiger partial charge in [-0.1, -0.05) is 6.92 Å². The lowest BCUT2D eigenvalue weighted by molar-refractivity contribution is 0.875. The van der Waals surface area contributed by atoms with Crippen molar-refractivity contribution in [2.75, 3.05) is 0 Å². The Morgan fingerprint density at radius 2 is 2.45 bits per heavy atom. The Balaban J connectivity index is 2.26. The van der Waals surface area contributed by atoms with Gasteiger partial charge in [-0.2, -0.15) is 0 Å². The Bertz CT molecular complexity index is 253. The maximum absolute atomic E-state index is 4.39. The largest absolute Gasteiger partial charge is 0.240 e. The summed E-state index contributed by atoms with van der Waals surface area (Å²) in [6, 6.07) is 3.02. The highest BCUT2D eigenvalue weighted by molar-refractivity contribution is 5.08. The van der Waals surface area contributed by atoms with Gasteiger partial charge in [-0.15, -0.1) is 0 Å². The summed E-state index contributed by atoms with van der Waals surface area (Å²) in [5.41, 5.74) is 1.04. The summed E-state index contributed by atoms with van der Waals surface area (Å²) in [5.74, 6) is 1.69. The molecule has 1 aromatic rings. The molecule has 0 spiro atoms. The molecule has 1 aliphatic rings. The van der Waals surface area contributed by atoms with Gasteiger partial charge in [0.2, 0.25) is 0 Å². The lowest BCUT2D eigenvalue weighted by Crippen LogP contribution is -1.95. The average molecular weight is 147 g/mol. The number of nitrogens with zero attached hydrogens (tertiary/aromatic N) is 2. The van der Waals surface area contributed by atoms with E-state index in [1.807, 2.05) is 0 Å². The summed E-state index contributed by atoms with van der Waals surface area (Å²) in [6.45, 7) is 2.09. The third-order valence-corrected chi connectivity index (χ3v) is 1.95. The van der Waals surface area contributed by atoms with E-state index in [0.29, 0.717) is 5.92 Å². The average Bonchev–Trinajstić information content (AvgIpc) is 2.87. The number of rotatable bonds is 2. The predicted octanol–water partition coefficient (Wildman–Crippen LogP) is 1.72. The van der Waals surface area contributed by atoms with Crippen molar-refractivity contribution >= 4 is 0 Å². The van der Waals surface area contributed by atoms with E-state index in [1.165, 1.54) is 12.8 Å². The van der Waals surface area contributed by atoms with Crippen molar-refractivity contribution in [3.05, 3.63) is 23.8 Å². The van der Waals surface area contributed by atoms with Gasteiger partial charge in [0.05, 0.1) is 5.69 Å². The molecule has 1 heterocycles. The van der Waals surface area contributed by atoms with Crippen molar-refractivity contribution in [3.63, 3.8) is 0 Å². The number of hydrogen-bond acceptors (Lipinski definition) is 2. The van der Waals surface area contributed by atoms with E-state index in [1.54, 1.807) is 6.20 Å². The van der Waals surface area contributed by atoms with Crippen LogP contribution in [0.4, 0.5) is 0 Å². The second kappa shape index (κ2) is 2.61. The van der Waals surface area contributed by atoms with E-state index >= 15 is 0 Å². The number of aromatic nitrogens is 2. The molecule has 0 saturated heterocycles. The van der Waals surface area contributed by atoms with Crippen LogP contribution in [0.1, 0.15) is 37.2 Å². The smallest absolute Gasteiger partial charge is 0.131 e. The van der Waals surface area contributed by atoms with Crippen LogP contribution in [-0.4, -0.2) is 9.97 Å². The normalized spacial score (nSPS) is 16.8. The molecule has 0 bridgehead atoms. The van der Waals surface area contributed by atoms with Crippen molar-refractivity contribution in [1.29, 1.82) is 0 Å². The minimum atomic E-state index is 0.662. The molecule has 57 valence electrons. The molecule has 2 rings (SSSR count). The summed E-state index contributed by atoms with van der Waals surface area (Å²) in [7, 11) is 0. The molecule has 2 nitrogen and oxygen atoms in total. The fourth-order valence-corrected chi connectivity index (χ4v) is 1.09. The quantitative estimate of drug-likeness (QED) is 0.636. The first-order chi connectivity index (χ1) is 5.40. The SMILES string of the molecule is CCc1[c]cnc(C2CC2)n1. The van der Waals surface area contributed by atoms with Gasteiger partial charge in [0.25, 0.3) is 0 Å². The Hall–Kier alpha value is -0.920. The predicted molar refractivity (Wildman–Crippen MR) is 42.2 cm³/mol. The zero-order valence-electron chi connectivity index (χ0n) is 6.67. The van der Waals surface area contributed by atoms with Crippen LogP contribution >= 0.6 is 0 Å². The van der Waals surface area contributed by atoms with Crippen LogP contribution in [0.15, 0.2) is 6.20 Å². The van der Waals surface area contributed by atoms with Crippen LogP contribution in [-0.2, 0) is 6.42 Å². The number of hydrogen-bond donors (Lipinski definition) is 0. The summed E-state index contributed by atoms with van der Waals surface area (Å²) in [6.07, 6.45) is 5.25. The van der Waals surface area contributed by atoms with Gasteiger partial charge in [0, 0.05) is 18.2 Å². The summed E-state index contributed by atoms with van der Waals surface area (Å²) in [4.78, 5) is 8.57. The minimum absolute atomic E-state index is 0.662. The van der Waals surface area contributed by atoms with Gasteiger partial charge in [0.15, 0.2) is 0 Å². The van der Waals surface area contributed by atoms with Gasteiger partial charge in [-0.3, -0.25) is 0 Å². The molecule has 1 radical (unpaired) electrons. The Morgan fingerprint density at radius 3 is 3.09 bits per heavy atom. The van der Waals surface area contributed by atoms with E-state index in [0.717, 1.165) is 17.9 Å². The van der Waals surface area contributed by atoms with Crippen LogP contribution < -0.4 is 0 Å². The first kappa shape index (κ1) is 6.77. The van der Waals surface area contributed by atoms with Gasteiger partial charge in [0.1, 0.15) is 5.82 Å². The monoisotopic (exact) mass is 147 g/mol. The molecule has 1 fully saturated rings. The molecule has 11 heavy (non-hydrogen) atoms. The second-order valence-electron chi connectivity index (χ2n) is 2.95. The van der Waals surface area contributed by atoms with Crippen LogP contribution in [0, 0.1) is 6.07 Å². The topological polar surface area (TPSA) is 25.8 Å². The lowest BCUT2D eigenvalue weighted by Gasteiger charge is -1.97. The lowest BCUT2D eigenvalue weighted by atomic mass is 10.3. The molecule has 2 heteroatoms. The van der Waals surface area contributed by atoms with Crippen molar-refractivity contribution < 1.29 is 0 Å². The van der Waals surface area contributed by atoms with E-state index in [-0.39, 0.29) is 0 Å². The van der Waals surface area contributed by atoms with Gasteiger partial charge < -0.3 is 0 Å². The zero-order chi connectivity index (χ0) is 7.68. The van der Waals surface area contributed by atoms with Gasteiger partial charge >= 0.3 is 0 Å². The molecular formula is C9H11N2. The van der Waals surface area contributed by atoms with Gasteiger partial charge in [-0.25, -0.2) is 9.97 Å². The number of aryl methyl sites for hydroxylation is 1. The highest BCUT2D eigenvalue weighted by Crippen LogP contribution is 2.37. The molecule has 0 unspecified atom stereocenters. The molecule has 1 saturated carbocycles. The fraction of sp³-hybridized carbons (Fsp3) is 0.556. The van der Waals surface area contributed by atoms with E-state index in [2.05, 4.69) is 23.0 Å². The molecule has 1 aliphatic carbocycles. The highest BCUT2D eigenvalue weighted by Gasteiger charge is 2.26. The Labute approximate surface area is 66.7 Å². The maximum atomic E-state index is 4.39. The van der Waals surface area contributed by atoms with E-state index in [4.69, 9.17) is 0 Å². The third kappa shape index (κ3) is 1.39. The second-order valence-corrected chi connectivity index (χ2v) is 2.95. The van der Waals surface area contributed by atoms with Crippen molar-refractivity contribution in [1.82, 2.24) is 9.97 Å². The Morgan fingerprint density at radius 1 is 1.64 bits per heavy atom. The summed E-state index contributed by atoms with van der Waals surface area (Å²) < 4.78 is 0. The summed E-state index contributed by atoms with van der Waals surface area (Å²) >= 11 is 0. The molecule has 0 N–H and O–H groups in total. The van der Waals surface area contributed by atoms with Crippen LogP contribution in [0.5, 0.6) is 0 Å². The van der Waals surface area contributed by atoms with Crippen molar-refractivity contribution in [3.8, 4) is 0 Å². The van der Waals surface area contributed by atoms with Crippen molar-refractivity contribution in [2.24, 2.45) is 0 Å². The summed E-state index contributed by atoms with van der Waals surface area (Å²) in [5, 5.41) is 0. The van der Waals surface area contributed by atoms with E-state index in [9.17, 15) is 0 Å². The van der Waals surface area contributed by atoms with Gasteiger partial charge in [-0.05, 0) is 19.3 Å². The fourth-order valence-electron chi connectivity index (χ4n) is 1.09. The van der Waals surface area contributed by atoms with E-state index < -0.39 is 0 Å². The zero-order valence-corrected chi connectivity index (χ0v) is 6.67. The van der Waals surface area contributed by atoms with Crippen molar-refractivity contribution in [2.45, 2.75) is 32.1 Å². The molecule has 1 aromatic heterocycles. The molecule has 0 atom stereocenters. The molecule has 0 aliphatic heterocycles. The van der Waals surface area contributed by atoms with Crippen LogP contribution in [0.2, 0.25) is 0 Å². The van der Waals surface area contributed by atoms with Crippen LogP contribution in [0.25, 0.3) is 0 Å². The Kier molecular flexibility index (Phi) is 1.60. The minimum Gasteiger partial charge on any atom is -0.240 e.